The molecule has 0 aliphatic rings. The summed E-state index contributed by atoms with van der Waals surface area (Å²) in [5.41, 5.74) is 3.18. The van der Waals surface area contributed by atoms with Crippen LogP contribution in [-0.4, -0.2) is 45.1 Å². The molecule has 0 spiro atoms. The lowest BCUT2D eigenvalue weighted by atomic mass is 10.0. The lowest BCUT2D eigenvalue weighted by Gasteiger charge is -2.22. The van der Waals surface area contributed by atoms with Crippen molar-refractivity contribution < 1.29 is 33.4 Å². The van der Waals surface area contributed by atoms with Crippen LogP contribution in [0.1, 0.15) is 43.0 Å². The third kappa shape index (κ3) is 8.91. The largest absolute Gasteiger partial charge is 0.497 e. The van der Waals surface area contributed by atoms with Crippen LogP contribution >= 0.6 is 11.6 Å². The molecular weight excluding hydrogens is 536 g/mol. The van der Waals surface area contributed by atoms with Crippen molar-refractivity contribution in [2.45, 2.75) is 32.9 Å². The van der Waals surface area contributed by atoms with Crippen molar-refractivity contribution in [3.8, 4) is 11.5 Å². The van der Waals surface area contributed by atoms with Gasteiger partial charge in [-0.2, -0.15) is 0 Å². The number of nitrogens with zero attached hydrogens (tertiary/aromatic N) is 1. The highest BCUT2D eigenvalue weighted by atomic mass is 35.5. The molecule has 9 nitrogen and oxygen atoms in total. The predicted molar refractivity (Wildman–Crippen MR) is 153 cm³/mol. The van der Waals surface area contributed by atoms with Gasteiger partial charge < -0.3 is 29.1 Å². The first-order valence-electron chi connectivity index (χ1n) is 12.7. The van der Waals surface area contributed by atoms with Crippen molar-refractivity contribution in [3.63, 3.8) is 0 Å². The summed E-state index contributed by atoms with van der Waals surface area (Å²) in [5, 5.41) is 7.84. The molecule has 1 unspecified atom stereocenters. The van der Waals surface area contributed by atoms with Gasteiger partial charge in [0.05, 0.1) is 33.0 Å². The summed E-state index contributed by atoms with van der Waals surface area (Å²) in [5.74, 6) is 0.0886. The molecule has 0 radical (unpaired) electrons. The number of esters is 2. The van der Waals surface area contributed by atoms with Crippen molar-refractivity contribution in [1.82, 2.24) is 0 Å². The Morgan fingerprint density at radius 1 is 0.975 bits per heavy atom. The zero-order valence-corrected chi connectivity index (χ0v) is 23.7. The number of carbonyl (C=O) groups is 2. The van der Waals surface area contributed by atoms with E-state index in [1.165, 1.54) is 7.11 Å². The maximum atomic E-state index is 13.4. The molecule has 3 aromatic rings. The van der Waals surface area contributed by atoms with E-state index in [0.717, 1.165) is 5.56 Å². The van der Waals surface area contributed by atoms with Crippen LogP contribution in [0.2, 0.25) is 5.02 Å². The molecule has 212 valence electrons. The molecule has 40 heavy (non-hydrogen) atoms. The lowest BCUT2D eigenvalue weighted by Crippen LogP contribution is -2.24. The second kappa shape index (κ2) is 15.4. The van der Waals surface area contributed by atoms with Gasteiger partial charge >= 0.3 is 11.9 Å². The molecule has 10 heteroatoms. The van der Waals surface area contributed by atoms with Gasteiger partial charge in [0, 0.05) is 27.9 Å². The molecule has 3 rings (SSSR count). The van der Waals surface area contributed by atoms with Crippen LogP contribution in [0, 0.1) is 0 Å². The Balaban J connectivity index is 1.87. The van der Waals surface area contributed by atoms with Crippen LogP contribution in [-0.2, 0) is 30.5 Å². The van der Waals surface area contributed by atoms with E-state index in [2.05, 4.69) is 10.5 Å². The van der Waals surface area contributed by atoms with E-state index in [1.54, 1.807) is 57.4 Å². The minimum atomic E-state index is -0.936. The average molecular weight is 569 g/mol. The fourth-order valence-electron chi connectivity index (χ4n) is 3.73. The molecule has 0 aliphatic carbocycles. The number of rotatable bonds is 14. The van der Waals surface area contributed by atoms with Crippen molar-refractivity contribution >= 4 is 34.9 Å². The van der Waals surface area contributed by atoms with Crippen molar-refractivity contribution in [2.75, 3.05) is 32.8 Å². The number of anilines is 1. The summed E-state index contributed by atoms with van der Waals surface area (Å²) in [7, 11) is 3.05. The minimum Gasteiger partial charge on any atom is -0.497 e. The predicted octanol–water partition coefficient (Wildman–Crippen LogP) is 5.95. The first-order valence-corrected chi connectivity index (χ1v) is 13.0. The fourth-order valence-corrected chi connectivity index (χ4v) is 3.89. The summed E-state index contributed by atoms with van der Waals surface area (Å²) in [6, 6.07) is 18.8. The maximum absolute atomic E-state index is 13.4. The molecule has 0 bridgehead atoms. The first kappa shape index (κ1) is 30.3. The zero-order chi connectivity index (χ0) is 28.9. The molecule has 0 aromatic heterocycles. The standard InChI is InChI=1S/C30H33ClN2O7/c1-5-38-28(34)13-14-40-33-20(2)22-15-24(18-25(16-22)36-3)32-29(26-12-11-23(31)17-27(26)37-4)30(35)39-19-21-9-7-6-8-10-21/h6-12,15-18,29,32H,5,13-14,19H2,1-4H3/b33-20+. The van der Waals surface area contributed by atoms with Crippen LogP contribution in [0.25, 0.3) is 0 Å². The smallest absolute Gasteiger partial charge is 0.333 e. The van der Waals surface area contributed by atoms with E-state index in [-0.39, 0.29) is 25.6 Å². The fraction of sp³-hybridized carbons (Fsp3) is 0.300. The first-order chi connectivity index (χ1) is 19.3. The molecular formula is C30H33ClN2O7. The summed E-state index contributed by atoms with van der Waals surface area (Å²) >= 11 is 6.18. The van der Waals surface area contributed by atoms with Crippen LogP contribution < -0.4 is 14.8 Å². The van der Waals surface area contributed by atoms with Gasteiger partial charge in [-0.15, -0.1) is 0 Å². The Morgan fingerprint density at radius 2 is 1.75 bits per heavy atom. The number of carbonyl (C=O) groups excluding carboxylic acids is 2. The molecule has 3 aromatic carbocycles. The number of methoxy groups -OCH3 is 2. The topological polar surface area (TPSA) is 105 Å². The molecule has 1 atom stereocenters. The van der Waals surface area contributed by atoms with Crippen LogP contribution in [0.3, 0.4) is 0 Å². The van der Waals surface area contributed by atoms with Crippen LogP contribution in [0.5, 0.6) is 11.5 Å². The van der Waals surface area contributed by atoms with Gasteiger partial charge in [-0.25, -0.2) is 4.79 Å². The molecule has 0 aliphatic heterocycles. The van der Waals surface area contributed by atoms with E-state index in [1.807, 2.05) is 30.3 Å². The van der Waals surface area contributed by atoms with E-state index < -0.39 is 12.0 Å². The average Bonchev–Trinajstić information content (AvgIpc) is 2.97. The SMILES string of the molecule is CCOC(=O)CCO/N=C(\C)c1cc(NC(C(=O)OCc2ccccc2)c2ccc(Cl)cc2OC)cc(OC)c1. The third-order valence-corrected chi connectivity index (χ3v) is 5.98. The van der Waals surface area contributed by atoms with Gasteiger partial charge in [-0.05, 0) is 43.7 Å². The van der Waals surface area contributed by atoms with Crippen molar-refractivity contribution in [2.24, 2.45) is 5.16 Å². The van der Waals surface area contributed by atoms with Gasteiger partial charge in [0.1, 0.15) is 24.7 Å². The Morgan fingerprint density at radius 3 is 2.45 bits per heavy atom. The number of ether oxygens (including phenoxy) is 4. The molecule has 1 N–H and O–H groups in total. The molecule has 0 amide bonds. The monoisotopic (exact) mass is 568 g/mol. The van der Waals surface area contributed by atoms with Crippen molar-refractivity contribution in [1.29, 1.82) is 0 Å². The lowest BCUT2D eigenvalue weighted by molar-refractivity contribution is -0.146. The van der Waals surface area contributed by atoms with Gasteiger partial charge in [0.15, 0.2) is 6.04 Å². The van der Waals surface area contributed by atoms with Crippen LogP contribution in [0.4, 0.5) is 5.69 Å². The minimum absolute atomic E-state index is 0.0803. The Hall–Kier alpha value is -4.24. The number of benzene rings is 3. The van der Waals surface area contributed by atoms with Crippen molar-refractivity contribution in [3.05, 3.63) is 88.4 Å². The van der Waals surface area contributed by atoms with E-state index in [0.29, 0.717) is 45.7 Å². The number of oxime groups is 1. The summed E-state index contributed by atoms with van der Waals surface area (Å²) < 4.78 is 21.6. The number of hydrogen-bond acceptors (Lipinski definition) is 9. The summed E-state index contributed by atoms with van der Waals surface area (Å²) in [6.07, 6.45) is 0.0885. The van der Waals surface area contributed by atoms with E-state index in [9.17, 15) is 9.59 Å². The van der Waals surface area contributed by atoms with Crippen LogP contribution in [0.15, 0.2) is 71.9 Å². The Labute approximate surface area is 239 Å². The van der Waals surface area contributed by atoms with Gasteiger partial charge in [-0.1, -0.05) is 53.2 Å². The molecule has 0 heterocycles. The maximum Gasteiger partial charge on any atom is 0.333 e. The van der Waals surface area contributed by atoms with E-state index >= 15 is 0 Å². The quantitative estimate of drug-likeness (QED) is 0.110. The molecule has 0 saturated carbocycles. The Bertz CT molecular complexity index is 1310. The normalized spacial score (nSPS) is 11.8. The van der Waals surface area contributed by atoms with Gasteiger partial charge in [-0.3, -0.25) is 4.79 Å². The van der Waals surface area contributed by atoms with Gasteiger partial charge in [0.25, 0.3) is 0 Å². The summed E-state index contributed by atoms with van der Waals surface area (Å²) in [4.78, 5) is 30.3. The number of hydrogen-bond donors (Lipinski definition) is 1. The van der Waals surface area contributed by atoms with E-state index in [4.69, 9.17) is 35.4 Å². The highest BCUT2D eigenvalue weighted by Crippen LogP contribution is 2.33. The second-order valence-corrected chi connectivity index (χ2v) is 9.01. The number of halogens is 1. The summed E-state index contributed by atoms with van der Waals surface area (Å²) in [6.45, 7) is 4.00. The molecule has 0 fully saturated rings. The number of nitrogens with one attached hydrogen (secondary N) is 1. The Kier molecular flexibility index (Phi) is 11.6. The zero-order valence-electron chi connectivity index (χ0n) is 22.9. The third-order valence-electron chi connectivity index (χ3n) is 5.74. The highest BCUT2D eigenvalue weighted by molar-refractivity contribution is 6.30. The molecule has 0 saturated heterocycles. The highest BCUT2D eigenvalue weighted by Gasteiger charge is 2.26. The second-order valence-electron chi connectivity index (χ2n) is 8.57. The van der Waals surface area contributed by atoms with Gasteiger partial charge in [0.2, 0.25) is 0 Å².